The summed E-state index contributed by atoms with van der Waals surface area (Å²) in [6.45, 7) is 4.22. The highest BCUT2D eigenvalue weighted by Gasteiger charge is 2.05. The molecular weight excluding hydrogens is 218 g/mol. The highest BCUT2D eigenvalue weighted by Crippen LogP contribution is 2.05. The first-order chi connectivity index (χ1) is 8.27. The van der Waals surface area contributed by atoms with Crippen molar-refractivity contribution in [2.45, 2.75) is 33.1 Å². The molecule has 0 aliphatic carbocycles. The third-order valence-electron chi connectivity index (χ3n) is 2.09. The SMILES string of the molecule is CC.COC(=O)c1ccc(CCCCO)cn1. The van der Waals surface area contributed by atoms with E-state index in [4.69, 9.17) is 5.11 Å². The molecule has 4 heteroatoms. The van der Waals surface area contributed by atoms with Gasteiger partial charge in [0, 0.05) is 12.8 Å². The van der Waals surface area contributed by atoms with Crippen molar-refractivity contribution >= 4 is 5.97 Å². The Morgan fingerprint density at radius 3 is 2.53 bits per heavy atom. The third-order valence-corrected chi connectivity index (χ3v) is 2.09. The van der Waals surface area contributed by atoms with Gasteiger partial charge in [-0.3, -0.25) is 0 Å². The summed E-state index contributed by atoms with van der Waals surface area (Å²) in [5, 5.41) is 8.62. The molecule has 0 aliphatic rings. The van der Waals surface area contributed by atoms with Crippen molar-refractivity contribution in [3.8, 4) is 0 Å². The molecule has 1 aromatic heterocycles. The van der Waals surface area contributed by atoms with Crippen LogP contribution < -0.4 is 0 Å². The number of carbonyl (C=O) groups is 1. The number of rotatable bonds is 5. The lowest BCUT2D eigenvalue weighted by Crippen LogP contribution is -2.04. The molecule has 0 saturated carbocycles. The summed E-state index contributed by atoms with van der Waals surface area (Å²) in [7, 11) is 1.33. The van der Waals surface area contributed by atoms with Gasteiger partial charge in [0.25, 0.3) is 0 Å². The smallest absolute Gasteiger partial charge is 0.356 e. The number of aliphatic hydroxyl groups is 1. The van der Waals surface area contributed by atoms with E-state index < -0.39 is 5.97 Å². The van der Waals surface area contributed by atoms with E-state index in [-0.39, 0.29) is 6.61 Å². The number of aryl methyl sites for hydroxylation is 1. The van der Waals surface area contributed by atoms with Gasteiger partial charge in [0.2, 0.25) is 0 Å². The molecule has 0 saturated heterocycles. The number of hydrogen-bond acceptors (Lipinski definition) is 4. The van der Waals surface area contributed by atoms with Crippen molar-refractivity contribution in [2.75, 3.05) is 13.7 Å². The van der Waals surface area contributed by atoms with E-state index in [0.29, 0.717) is 5.69 Å². The Balaban J connectivity index is 0.00000121. The van der Waals surface area contributed by atoms with Crippen molar-refractivity contribution < 1.29 is 14.6 Å². The Morgan fingerprint density at radius 2 is 2.06 bits per heavy atom. The largest absolute Gasteiger partial charge is 0.464 e. The number of pyridine rings is 1. The van der Waals surface area contributed by atoms with Gasteiger partial charge in [-0.25, -0.2) is 9.78 Å². The fourth-order valence-electron chi connectivity index (χ4n) is 1.24. The molecule has 1 rings (SSSR count). The van der Waals surface area contributed by atoms with Crippen LogP contribution >= 0.6 is 0 Å². The van der Waals surface area contributed by atoms with Gasteiger partial charge < -0.3 is 9.84 Å². The van der Waals surface area contributed by atoms with Crippen LogP contribution in [0.15, 0.2) is 18.3 Å². The van der Waals surface area contributed by atoms with E-state index in [9.17, 15) is 4.79 Å². The standard InChI is InChI=1S/C11H15NO3.C2H6/c1-15-11(14)10-6-5-9(8-12-10)4-2-3-7-13;1-2/h5-6,8,13H,2-4,7H2,1H3;1-2H3. The van der Waals surface area contributed by atoms with E-state index in [1.165, 1.54) is 7.11 Å². The average molecular weight is 239 g/mol. The Kier molecular flexibility index (Phi) is 8.96. The van der Waals surface area contributed by atoms with Crippen molar-refractivity contribution in [1.82, 2.24) is 4.98 Å². The topological polar surface area (TPSA) is 59.4 Å². The Morgan fingerprint density at radius 1 is 1.35 bits per heavy atom. The lowest BCUT2D eigenvalue weighted by atomic mass is 10.1. The lowest BCUT2D eigenvalue weighted by Gasteiger charge is -2.01. The van der Waals surface area contributed by atoms with Crippen LogP contribution in [0.5, 0.6) is 0 Å². The summed E-state index contributed by atoms with van der Waals surface area (Å²) in [5.74, 6) is -0.420. The molecule has 0 aliphatic heterocycles. The van der Waals surface area contributed by atoms with Gasteiger partial charge in [0.1, 0.15) is 5.69 Å². The molecule has 0 fully saturated rings. The highest BCUT2D eigenvalue weighted by atomic mass is 16.5. The predicted octanol–water partition coefficient (Wildman–Crippen LogP) is 2.21. The normalized spacial score (nSPS) is 9.18. The molecular formula is C13H21NO3. The minimum atomic E-state index is -0.420. The van der Waals surface area contributed by atoms with Crippen LogP contribution in [-0.2, 0) is 11.2 Å². The zero-order valence-electron chi connectivity index (χ0n) is 10.8. The van der Waals surface area contributed by atoms with Crippen LogP contribution in [-0.4, -0.2) is 29.8 Å². The second-order valence-electron chi connectivity index (χ2n) is 3.22. The molecule has 0 aromatic carbocycles. The first kappa shape index (κ1) is 15.6. The molecule has 96 valence electrons. The van der Waals surface area contributed by atoms with Gasteiger partial charge in [0.05, 0.1) is 7.11 Å². The molecule has 0 bridgehead atoms. The van der Waals surface area contributed by atoms with Gasteiger partial charge >= 0.3 is 5.97 Å². The number of esters is 1. The minimum absolute atomic E-state index is 0.216. The van der Waals surface area contributed by atoms with E-state index in [2.05, 4.69) is 9.72 Å². The molecule has 0 radical (unpaired) electrons. The van der Waals surface area contributed by atoms with Crippen LogP contribution in [0.25, 0.3) is 0 Å². The van der Waals surface area contributed by atoms with E-state index >= 15 is 0 Å². The first-order valence-electron chi connectivity index (χ1n) is 5.92. The maximum absolute atomic E-state index is 11.1. The van der Waals surface area contributed by atoms with E-state index in [1.807, 2.05) is 19.9 Å². The van der Waals surface area contributed by atoms with Crippen molar-refractivity contribution in [2.24, 2.45) is 0 Å². The first-order valence-corrected chi connectivity index (χ1v) is 5.92. The number of hydrogen-bond donors (Lipinski definition) is 1. The Labute approximate surface area is 103 Å². The molecule has 4 nitrogen and oxygen atoms in total. The number of ether oxygens (including phenoxy) is 1. The fraction of sp³-hybridized carbons (Fsp3) is 0.538. The van der Waals surface area contributed by atoms with Crippen molar-refractivity contribution in [3.63, 3.8) is 0 Å². The van der Waals surface area contributed by atoms with Crippen LogP contribution in [0.3, 0.4) is 0 Å². The molecule has 1 N–H and O–H groups in total. The number of methoxy groups -OCH3 is 1. The Bertz CT molecular complexity index is 309. The number of unbranched alkanes of at least 4 members (excludes halogenated alkanes) is 1. The predicted molar refractivity (Wildman–Crippen MR) is 66.9 cm³/mol. The summed E-state index contributed by atoms with van der Waals surface area (Å²) in [4.78, 5) is 15.1. The summed E-state index contributed by atoms with van der Waals surface area (Å²) < 4.78 is 4.54. The summed E-state index contributed by atoms with van der Waals surface area (Å²) in [6.07, 6.45) is 4.26. The lowest BCUT2D eigenvalue weighted by molar-refractivity contribution is 0.0594. The monoisotopic (exact) mass is 239 g/mol. The maximum atomic E-state index is 11.1. The zero-order valence-corrected chi connectivity index (χ0v) is 10.8. The quantitative estimate of drug-likeness (QED) is 0.632. The molecule has 1 aromatic rings. The van der Waals surface area contributed by atoms with Gasteiger partial charge in [-0.15, -0.1) is 0 Å². The minimum Gasteiger partial charge on any atom is -0.464 e. The molecule has 0 unspecified atom stereocenters. The average Bonchev–Trinajstić information content (AvgIpc) is 2.41. The highest BCUT2D eigenvalue weighted by molar-refractivity contribution is 5.86. The second kappa shape index (κ2) is 9.78. The molecule has 0 atom stereocenters. The van der Waals surface area contributed by atoms with Gasteiger partial charge in [-0.2, -0.15) is 0 Å². The van der Waals surface area contributed by atoms with Crippen LogP contribution in [0.4, 0.5) is 0 Å². The maximum Gasteiger partial charge on any atom is 0.356 e. The molecule has 0 spiro atoms. The number of aliphatic hydroxyl groups excluding tert-OH is 1. The van der Waals surface area contributed by atoms with Gasteiger partial charge in [0.15, 0.2) is 0 Å². The zero-order chi connectivity index (χ0) is 13.1. The number of nitrogens with zero attached hydrogens (tertiary/aromatic N) is 1. The summed E-state index contributed by atoms with van der Waals surface area (Å²) >= 11 is 0. The number of carbonyl (C=O) groups excluding carboxylic acids is 1. The molecule has 0 amide bonds. The molecule has 17 heavy (non-hydrogen) atoms. The number of aromatic nitrogens is 1. The van der Waals surface area contributed by atoms with Crippen LogP contribution in [0, 0.1) is 0 Å². The van der Waals surface area contributed by atoms with Crippen LogP contribution in [0.2, 0.25) is 0 Å². The van der Waals surface area contributed by atoms with Crippen molar-refractivity contribution in [3.05, 3.63) is 29.6 Å². The van der Waals surface area contributed by atoms with E-state index in [0.717, 1.165) is 24.8 Å². The van der Waals surface area contributed by atoms with Gasteiger partial charge in [-0.1, -0.05) is 19.9 Å². The Hall–Kier alpha value is -1.42. The van der Waals surface area contributed by atoms with Crippen LogP contribution in [0.1, 0.15) is 42.7 Å². The summed E-state index contributed by atoms with van der Waals surface area (Å²) in [5.41, 5.74) is 1.39. The second-order valence-corrected chi connectivity index (χ2v) is 3.22. The summed E-state index contributed by atoms with van der Waals surface area (Å²) in [6, 6.07) is 3.51. The van der Waals surface area contributed by atoms with E-state index in [1.54, 1.807) is 12.3 Å². The van der Waals surface area contributed by atoms with Gasteiger partial charge in [-0.05, 0) is 30.9 Å². The van der Waals surface area contributed by atoms with Crippen molar-refractivity contribution in [1.29, 1.82) is 0 Å². The third kappa shape index (κ3) is 6.02. The fourth-order valence-corrected chi connectivity index (χ4v) is 1.24. The molecule has 1 heterocycles.